The van der Waals surface area contributed by atoms with Crippen molar-refractivity contribution in [3.63, 3.8) is 0 Å². The summed E-state index contributed by atoms with van der Waals surface area (Å²) in [6, 6.07) is 4.98. The molecule has 0 aliphatic heterocycles. The number of nitrogens with one attached hydrogen (secondary N) is 1. The number of aryl methyl sites for hydroxylation is 1. The van der Waals surface area contributed by atoms with E-state index in [1.54, 1.807) is 0 Å². The fourth-order valence-corrected chi connectivity index (χ4v) is 2.37. The van der Waals surface area contributed by atoms with Gasteiger partial charge in [-0.2, -0.15) is 0 Å². The van der Waals surface area contributed by atoms with Gasteiger partial charge in [-0.1, -0.05) is 12.2 Å². The van der Waals surface area contributed by atoms with Crippen LogP contribution < -0.4 is 5.32 Å². The number of thiophene rings is 1. The number of rotatable bonds is 5. The highest BCUT2D eigenvalue weighted by Crippen LogP contribution is 2.16. The van der Waals surface area contributed by atoms with E-state index in [1.807, 2.05) is 11.3 Å². The standard InChI is InChI=1S/C12H19NS/c1-4-5-8-13-10(2)9-12-7-6-11(3)14-12/h4-7,10,13H,8-9H2,1-3H3/b5-4+. The maximum atomic E-state index is 3.46. The van der Waals surface area contributed by atoms with Gasteiger partial charge in [-0.3, -0.25) is 0 Å². The molecule has 0 bridgehead atoms. The summed E-state index contributed by atoms with van der Waals surface area (Å²) in [6.07, 6.45) is 5.36. The van der Waals surface area contributed by atoms with Crippen molar-refractivity contribution < 1.29 is 0 Å². The number of hydrogen-bond donors (Lipinski definition) is 1. The van der Waals surface area contributed by atoms with Gasteiger partial charge in [-0.05, 0) is 39.3 Å². The summed E-state index contributed by atoms with van der Waals surface area (Å²) in [7, 11) is 0. The van der Waals surface area contributed by atoms with E-state index in [-0.39, 0.29) is 0 Å². The molecule has 0 aliphatic carbocycles. The minimum atomic E-state index is 0.559. The van der Waals surface area contributed by atoms with Crippen molar-refractivity contribution in [2.75, 3.05) is 6.54 Å². The third-order valence-electron chi connectivity index (χ3n) is 2.12. The smallest absolute Gasteiger partial charge is 0.0137 e. The van der Waals surface area contributed by atoms with Gasteiger partial charge in [-0.15, -0.1) is 11.3 Å². The van der Waals surface area contributed by atoms with Crippen molar-refractivity contribution in [3.8, 4) is 0 Å². The lowest BCUT2D eigenvalue weighted by atomic mass is 10.2. The Morgan fingerprint density at radius 2 is 2.29 bits per heavy atom. The lowest BCUT2D eigenvalue weighted by molar-refractivity contribution is 0.584. The minimum Gasteiger partial charge on any atom is -0.310 e. The van der Waals surface area contributed by atoms with Crippen LogP contribution in [-0.2, 0) is 6.42 Å². The Morgan fingerprint density at radius 1 is 1.50 bits per heavy atom. The largest absolute Gasteiger partial charge is 0.310 e. The second-order valence-corrected chi connectivity index (χ2v) is 4.97. The van der Waals surface area contributed by atoms with Gasteiger partial charge in [0, 0.05) is 22.3 Å². The fraction of sp³-hybridized carbons (Fsp3) is 0.500. The lowest BCUT2D eigenvalue weighted by Crippen LogP contribution is -2.27. The molecule has 0 spiro atoms. The summed E-state index contributed by atoms with van der Waals surface area (Å²) in [4.78, 5) is 2.88. The molecule has 78 valence electrons. The highest BCUT2D eigenvalue weighted by atomic mass is 32.1. The van der Waals surface area contributed by atoms with E-state index in [1.165, 1.54) is 9.75 Å². The first-order valence-electron chi connectivity index (χ1n) is 5.12. The molecule has 0 radical (unpaired) electrons. The molecule has 1 N–H and O–H groups in total. The van der Waals surface area contributed by atoms with Gasteiger partial charge in [0.1, 0.15) is 0 Å². The number of allylic oxidation sites excluding steroid dienone is 1. The molecule has 1 nitrogen and oxygen atoms in total. The Kier molecular flexibility index (Phi) is 4.91. The number of hydrogen-bond acceptors (Lipinski definition) is 2. The van der Waals surface area contributed by atoms with Gasteiger partial charge in [0.05, 0.1) is 0 Å². The third kappa shape index (κ3) is 4.07. The van der Waals surface area contributed by atoms with Crippen LogP contribution >= 0.6 is 11.3 Å². The first-order valence-corrected chi connectivity index (χ1v) is 5.94. The average molecular weight is 209 g/mol. The van der Waals surface area contributed by atoms with Crippen LogP contribution in [0.4, 0.5) is 0 Å². The summed E-state index contributed by atoms with van der Waals surface area (Å²) < 4.78 is 0. The molecular weight excluding hydrogens is 190 g/mol. The SMILES string of the molecule is C/C=C/CNC(C)Cc1ccc(C)s1. The lowest BCUT2D eigenvalue weighted by Gasteiger charge is -2.10. The molecule has 0 amide bonds. The second-order valence-electron chi connectivity index (χ2n) is 3.59. The van der Waals surface area contributed by atoms with Gasteiger partial charge >= 0.3 is 0 Å². The van der Waals surface area contributed by atoms with Crippen LogP contribution in [0, 0.1) is 6.92 Å². The van der Waals surface area contributed by atoms with Gasteiger partial charge in [0.2, 0.25) is 0 Å². The zero-order valence-corrected chi connectivity index (χ0v) is 10.0. The van der Waals surface area contributed by atoms with E-state index >= 15 is 0 Å². The molecule has 1 atom stereocenters. The Bertz CT molecular complexity index is 288. The van der Waals surface area contributed by atoms with E-state index < -0.39 is 0 Å². The van der Waals surface area contributed by atoms with E-state index in [0.29, 0.717) is 6.04 Å². The molecule has 0 fully saturated rings. The Labute approximate surface area is 90.9 Å². The van der Waals surface area contributed by atoms with Crippen LogP contribution in [0.15, 0.2) is 24.3 Å². The van der Waals surface area contributed by atoms with Crippen molar-refractivity contribution >= 4 is 11.3 Å². The summed E-state index contributed by atoms with van der Waals surface area (Å²) in [5, 5.41) is 3.46. The topological polar surface area (TPSA) is 12.0 Å². The highest BCUT2D eigenvalue weighted by Gasteiger charge is 2.03. The van der Waals surface area contributed by atoms with E-state index in [2.05, 4.69) is 50.4 Å². The van der Waals surface area contributed by atoms with Crippen LogP contribution in [-0.4, -0.2) is 12.6 Å². The molecule has 1 aromatic rings. The Morgan fingerprint density at radius 3 is 2.86 bits per heavy atom. The average Bonchev–Trinajstić information content (AvgIpc) is 2.52. The summed E-state index contributed by atoms with van der Waals surface area (Å²) in [5.74, 6) is 0. The van der Waals surface area contributed by atoms with Gasteiger partial charge in [0.15, 0.2) is 0 Å². The van der Waals surface area contributed by atoms with Crippen LogP contribution in [0.5, 0.6) is 0 Å². The molecule has 1 rings (SSSR count). The van der Waals surface area contributed by atoms with E-state index in [9.17, 15) is 0 Å². The van der Waals surface area contributed by atoms with Crippen LogP contribution in [0.2, 0.25) is 0 Å². The van der Waals surface area contributed by atoms with Crippen molar-refractivity contribution in [3.05, 3.63) is 34.0 Å². The van der Waals surface area contributed by atoms with Crippen molar-refractivity contribution in [2.24, 2.45) is 0 Å². The molecule has 0 saturated carbocycles. The second kappa shape index (κ2) is 5.99. The molecule has 0 saturated heterocycles. The van der Waals surface area contributed by atoms with Crippen molar-refractivity contribution in [2.45, 2.75) is 33.2 Å². The van der Waals surface area contributed by atoms with Crippen LogP contribution in [0.25, 0.3) is 0 Å². The van der Waals surface area contributed by atoms with Crippen LogP contribution in [0.1, 0.15) is 23.6 Å². The normalized spacial score (nSPS) is 13.6. The van der Waals surface area contributed by atoms with E-state index in [4.69, 9.17) is 0 Å². The molecule has 2 heteroatoms. The maximum Gasteiger partial charge on any atom is 0.0137 e. The highest BCUT2D eigenvalue weighted by molar-refractivity contribution is 7.11. The molecule has 1 heterocycles. The molecule has 0 aliphatic rings. The first-order chi connectivity index (χ1) is 6.72. The summed E-state index contributed by atoms with van der Waals surface area (Å²) in [6.45, 7) is 7.42. The Balaban J connectivity index is 2.30. The first kappa shape index (κ1) is 11.5. The van der Waals surface area contributed by atoms with Crippen molar-refractivity contribution in [1.29, 1.82) is 0 Å². The molecule has 1 unspecified atom stereocenters. The van der Waals surface area contributed by atoms with E-state index in [0.717, 1.165) is 13.0 Å². The van der Waals surface area contributed by atoms with Crippen LogP contribution in [0.3, 0.4) is 0 Å². The molecule has 1 aromatic heterocycles. The van der Waals surface area contributed by atoms with Gasteiger partial charge in [-0.25, -0.2) is 0 Å². The molecule has 14 heavy (non-hydrogen) atoms. The quantitative estimate of drug-likeness (QED) is 0.735. The monoisotopic (exact) mass is 209 g/mol. The Hall–Kier alpha value is -0.600. The third-order valence-corrected chi connectivity index (χ3v) is 3.15. The van der Waals surface area contributed by atoms with Gasteiger partial charge in [0.25, 0.3) is 0 Å². The van der Waals surface area contributed by atoms with Gasteiger partial charge < -0.3 is 5.32 Å². The predicted molar refractivity (Wildman–Crippen MR) is 65.0 cm³/mol. The zero-order chi connectivity index (χ0) is 10.4. The predicted octanol–water partition coefficient (Wildman–Crippen LogP) is 3.15. The fourth-order valence-electron chi connectivity index (χ4n) is 1.36. The minimum absolute atomic E-state index is 0.559. The summed E-state index contributed by atoms with van der Waals surface area (Å²) >= 11 is 1.90. The summed E-state index contributed by atoms with van der Waals surface area (Å²) in [5.41, 5.74) is 0. The van der Waals surface area contributed by atoms with Crippen molar-refractivity contribution in [1.82, 2.24) is 5.32 Å². The zero-order valence-electron chi connectivity index (χ0n) is 9.21. The molecular formula is C12H19NS. The maximum absolute atomic E-state index is 3.46. The molecule has 0 aromatic carbocycles.